The van der Waals surface area contributed by atoms with E-state index >= 15 is 0 Å². The molecule has 22 heavy (non-hydrogen) atoms. The highest BCUT2D eigenvalue weighted by Gasteiger charge is 2.24. The summed E-state index contributed by atoms with van der Waals surface area (Å²) in [4.78, 5) is 20.3. The van der Waals surface area contributed by atoms with Gasteiger partial charge in [0.25, 0.3) is 0 Å². The van der Waals surface area contributed by atoms with E-state index in [1.54, 1.807) is 23.7 Å². The van der Waals surface area contributed by atoms with Crippen molar-refractivity contribution in [3.05, 3.63) is 40.6 Å². The molecule has 1 aliphatic heterocycles. The predicted octanol–water partition coefficient (Wildman–Crippen LogP) is 3.17. The van der Waals surface area contributed by atoms with Crippen LogP contribution in [0, 0.1) is 6.92 Å². The standard InChI is InChI=1S/C16H17N5S/c1-11-10-22-16(19-11)12-3-2-8-21(9-12)14-5-4-13-15(20-14)18-7-6-17-13/h4-7,10,12H,2-3,8-9H2,1H3. The largest absolute Gasteiger partial charge is 0.356 e. The third kappa shape index (κ3) is 2.54. The van der Waals surface area contributed by atoms with Gasteiger partial charge in [0.1, 0.15) is 11.3 Å². The van der Waals surface area contributed by atoms with Gasteiger partial charge in [-0.15, -0.1) is 11.3 Å². The number of fused-ring (bicyclic) bond motifs is 1. The summed E-state index contributed by atoms with van der Waals surface area (Å²) in [6, 6.07) is 4.05. The Kier molecular flexibility index (Phi) is 3.46. The molecule has 0 bridgehead atoms. The smallest absolute Gasteiger partial charge is 0.180 e. The summed E-state index contributed by atoms with van der Waals surface area (Å²) < 4.78 is 0. The Bertz CT molecular complexity index is 800. The Morgan fingerprint density at radius 2 is 2.09 bits per heavy atom. The number of aromatic nitrogens is 4. The van der Waals surface area contributed by atoms with Crippen molar-refractivity contribution in [2.45, 2.75) is 25.7 Å². The summed E-state index contributed by atoms with van der Waals surface area (Å²) in [6.07, 6.45) is 5.77. The van der Waals surface area contributed by atoms with Crippen LogP contribution >= 0.6 is 11.3 Å². The minimum Gasteiger partial charge on any atom is -0.356 e. The molecular formula is C16H17N5S. The minimum absolute atomic E-state index is 0.506. The maximum Gasteiger partial charge on any atom is 0.180 e. The first-order valence-electron chi connectivity index (χ1n) is 7.54. The summed E-state index contributed by atoms with van der Waals surface area (Å²) in [5, 5.41) is 3.39. The molecule has 6 heteroatoms. The molecule has 0 spiro atoms. The van der Waals surface area contributed by atoms with Gasteiger partial charge in [-0.25, -0.2) is 15.0 Å². The number of aryl methyl sites for hydroxylation is 1. The average Bonchev–Trinajstić information content (AvgIpc) is 3.01. The normalized spacial score (nSPS) is 18.8. The molecular weight excluding hydrogens is 294 g/mol. The van der Waals surface area contributed by atoms with Gasteiger partial charge >= 0.3 is 0 Å². The van der Waals surface area contributed by atoms with E-state index in [0.717, 1.165) is 30.1 Å². The lowest BCUT2D eigenvalue weighted by Gasteiger charge is -2.32. The molecule has 1 atom stereocenters. The number of thiazole rings is 1. The number of piperidine rings is 1. The fraction of sp³-hybridized carbons (Fsp3) is 0.375. The lowest BCUT2D eigenvalue weighted by Crippen LogP contribution is -2.34. The number of pyridine rings is 1. The van der Waals surface area contributed by atoms with Crippen molar-refractivity contribution >= 4 is 28.3 Å². The first kappa shape index (κ1) is 13.6. The van der Waals surface area contributed by atoms with Gasteiger partial charge in [-0.05, 0) is 31.9 Å². The number of anilines is 1. The summed E-state index contributed by atoms with van der Waals surface area (Å²) in [6.45, 7) is 4.08. The lowest BCUT2D eigenvalue weighted by molar-refractivity contribution is 0.505. The molecule has 4 rings (SSSR count). The van der Waals surface area contributed by atoms with E-state index in [9.17, 15) is 0 Å². The molecule has 1 unspecified atom stereocenters. The maximum absolute atomic E-state index is 4.67. The van der Waals surface area contributed by atoms with Crippen molar-refractivity contribution in [1.82, 2.24) is 19.9 Å². The fourth-order valence-corrected chi connectivity index (χ4v) is 3.89. The molecule has 0 aliphatic carbocycles. The van der Waals surface area contributed by atoms with Crippen molar-refractivity contribution in [2.75, 3.05) is 18.0 Å². The SMILES string of the molecule is Cc1csc(C2CCCN(c3ccc4nccnc4n3)C2)n1. The van der Waals surface area contributed by atoms with Crippen LogP contribution in [0.5, 0.6) is 0 Å². The molecule has 1 fully saturated rings. The van der Waals surface area contributed by atoms with Crippen LogP contribution in [-0.2, 0) is 0 Å². The second-order valence-corrected chi connectivity index (χ2v) is 6.57. The van der Waals surface area contributed by atoms with Crippen LogP contribution in [-0.4, -0.2) is 33.0 Å². The molecule has 0 aromatic carbocycles. The van der Waals surface area contributed by atoms with E-state index in [4.69, 9.17) is 0 Å². The number of rotatable bonds is 2. The first-order valence-corrected chi connectivity index (χ1v) is 8.42. The van der Waals surface area contributed by atoms with Crippen LogP contribution in [0.4, 0.5) is 5.82 Å². The van der Waals surface area contributed by atoms with E-state index in [-0.39, 0.29) is 0 Å². The van der Waals surface area contributed by atoms with Gasteiger partial charge in [-0.3, -0.25) is 4.98 Å². The van der Waals surface area contributed by atoms with Gasteiger partial charge in [-0.1, -0.05) is 0 Å². The van der Waals surface area contributed by atoms with E-state index in [1.807, 2.05) is 12.1 Å². The van der Waals surface area contributed by atoms with Crippen LogP contribution in [0.1, 0.15) is 29.5 Å². The number of hydrogen-bond donors (Lipinski definition) is 0. The maximum atomic E-state index is 4.67. The van der Waals surface area contributed by atoms with Gasteiger partial charge in [-0.2, -0.15) is 0 Å². The fourth-order valence-electron chi connectivity index (χ4n) is 2.97. The van der Waals surface area contributed by atoms with E-state index < -0.39 is 0 Å². The Balaban J connectivity index is 1.60. The van der Waals surface area contributed by atoms with Crippen molar-refractivity contribution in [3.63, 3.8) is 0 Å². The van der Waals surface area contributed by atoms with Crippen LogP contribution in [0.3, 0.4) is 0 Å². The molecule has 4 heterocycles. The third-order valence-corrected chi connectivity index (χ3v) is 5.17. The quantitative estimate of drug-likeness (QED) is 0.727. The molecule has 0 amide bonds. The van der Waals surface area contributed by atoms with Gasteiger partial charge < -0.3 is 4.90 Å². The lowest BCUT2D eigenvalue weighted by atomic mass is 9.99. The molecule has 0 saturated carbocycles. The Morgan fingerprint density at radius 1 is 1.18 bits per heavy atom. The van der Waals surface area contributed by atoms with Crippen molar-refractivity contribution in [3.8, 4) is 0 Å². The summed E-state index contributed by atoms with van der Waals surface area (Å²) in [5.74, 6) is 1.50. The highest BCUT2D eigenvalue weighted by molar-refractivity contribution is 7.09. The van der Waals surface area contributed by atoms with Crippen LogP contribution in [0.15, 0.2) is 29.9 Å². The second kappa shape index (κ2) is 5.61. The highest BCUT2D eigenvalue weighted by atomic mass is 32.1. The summed E-state index contributed by atoms with van der Waals surface area (Å²) in [7, 11) is 0. The zero-order valence-electron chi connectivity index (χ0n) is 12.4. The molecule has 3 aromatic heterocycles. The zero-order chi connectivity index (χ0) is 14.9. The van der Waals surface area contributed by atoms with E-state index in [2.05, 4.69) is 37.1 Å². The summed E-state index contributed by atoms with van der Waals surface area (Å²) in [5.41, 5.74) is 2.68. The van der Waals surface area contributed by atoms with Gasteiger partial charge in [0.15, 0.2) is 5.65 Å². The molecule has 1 saturated heterocycles. The van der Waals surface area contributed by atoms with Crippen molar-refractivity contribution < 1.29 is 0 Å². The van der Waals surface area contributed by atoms with Crippen LogP contribution in [0.25, 0.3) is 11.2 Å². The van der Waals surface area contributed by atoms with Crippen LogP contribution < -0.4 is 4.90 Å². The second-order valence-electron chi connectivity index (χ2n) is 5.68. The van der Waals surface area contributed by atoms with Gasteiger partial charge in [0.05, 0.1) is 5.01 Å². The average molecular weight is 311 g/mol. The van der Waals surface area contributed by atoms with E-state index in [1.165, 1.54) is 17.8 Å². The molecule has 0 N–H and O–H groups in total. The monoisotopic (exact) mass is 311 g/mol. The molecule has 1 aliphatic rings. The Hall–Kier alpha value is -2.08. The predicted molar refractivity (Wildman–Crippen MR) is 88.4 cm³/mol. The highest BCUT2D eigenvalue weighted by Crippen LogP contribution is 2.31. The molecule has 0 radical (unpaired) electrons. The van der Waals surface area contributed by atoms with Gasteiger partial charge in [0.2, 0.25) is 0 Å². The molecule has 3 aromatic rings. The Labute approximate surface area is 133 Å². The summed E-state index contributed by atoms with van der Waals surface area (Å²) >= 11 is 1.78. The molecule has 5 nitrogen and oxygen atoms in total. The minimum atomic E-state index is 0.506. The van der Waals surface area contributed by atoms with Crippen molar-refractivity contribution in [2.24, 2.45) is 0 Å². The number of nitrogens with zero attached hydrogens (tertiary/aromatic N) is 5. The van der Waals surface area contributed by atoms with Crippen molar-refractivity contribution in [1.29, 1.82) is 0 Å². The van der Waals surface area contributed by atoms with Gasteiger partial charge in [0, 0.05) is 42.5 Å². The van der Waals surface area contributed by atoms with E-state index in [0.29, 0.717) is 11.6 Å². The number of hydrogen-bond acceptors (Lipinski definition) is 6. The first-order chi connectivity index (χ1) is 10.8. The molecule has 112 valence electrons. The zero-order valence-corrected chi connectivity index (χ0v) is 13.3. The third-order valence-electron chi connectivity index (χ3n) is 4.05. The van der Waals surface area contributed by atoms with Crippen LogP contribution in [0.2, 0.25) is 0 Å². The Morgan fingerprint density at radius 3 is 2.95 bits per heavy atom. The topological polar surface area (TPSA) is 54.8 Å².